The lowest BCUT2D eigenvalue weighted by Gasteiger charge is -2.23. The number of hydrogen-bond donors (Lipinski definition) is 3. The molecule has 4 rings (SSSR count). The SMILES string of the molecule is CCOC(=O)CC[C@H](NC(=O)c1ccc(C(=Cn2cnc3[nH]c(NC(=O)C(C)(C)C)cc3c2=O)COC2CCCCO2)cc1)C(=O)OCC. The van der Waals surface area contributed by atoms with E-state index < -0.39 is 35.6 Å². The van der Waals surface area contributed by atoms with Crippen molar-refractivity contribution in [2.45, 2.75) is 79.1 Å². The van der Waals surface area contributed by atoms with Gasteiger partial charge in [0.15, 0.2) is 6.29 Å². The Balaban J connectivity index is 1.58. The number of anilines is 1. The van der Waals surface area contributed by atoms with E-state index in [2.05, 4.69) is 20.6 Å². The largest absolute Gasteiger partial charge is 0.466 e. The van der Waals surface area contributed by atoms with Gasteiger partial charge in [0.25, 0.3) is 11.5 Å². The van der Waals surface area contributed by atoms with Crippen LogP contribution in [0.25, 0.3) is 22.8 Å². The van der Waals surface area contributed by atoms with Gasteiger partial charge in [-0.1, -0.05) is 32.9 Å². The first-order valence-electron chi connectivity index (χ1n) is 16.5. The molecule has 3 heterocycles. The molecule has 0 saturated carbocycles. The van der Waals surface area contributed by atoms with Crippen LogP contribution in [0.15, 0.2) is 41.5 Å². The highest BCUT2D eigenvalue weighted by Gasteiger charge is 2.25. The number of fused-ring (bicyclic) bond motifs is 1. The van der Waals surface area contributed by atoms with E-state index in [-0.39, 0.29) is 55.1 Å². The van der Waals surface area contributed by atoms with Crippen LogP contribution in [0.4, 0.5) is 5.82 Å². The molecule has 3 N–H and O–H groups in total. The highest BCUT2D eigenvalue weighted by Crippen LogP contribution is 2.22. The van der Waals surface area contributed by atoms with Gasteiger partial charge in [-0.2, -0.15) is 0 Å². The molecule has 0 radical (unpaired) electrons. The van der Waals surface area contributed by atoms with Crippen LogP contribution in [0.3, 0.4) is 0 Å². The van der Waals surface area contributed by atoms with Crippen LogP contribution in [-0.4, -0.2) is 77.0 Å². The molecular weight excluding hydrogens is 634 g/mol. The van der Waals surface area contributed by atoms with Crippen molar-refractivity contribution in [3.8, 4) is 0 Å². The molecule has 1 saturated heterocycles. The second-order valence-electron chi connectivity index (χ2n) is 12.6. The Bertz CT molecular complexity index is 1710. The first kappa shape index (κ1) is 37.0. The number of ether oxygens (including phenoxy) is 4. The number of rotatable bonds is 14. The third kappa shape index (κ3) is 10.3. The summed E-state index contributed by atoms with van der Waals surface area (Å²) in [7, 11) is 0. The summed E-state index contributed by atoms with van der Waals surface area (Å²) in [6, 6.07) is 7.09. The summed E-state index contributed by atoms with van der Waals surface area (Å²) in [5, 5.41) is 5.73. The van der Waals surface area contributed by atoms with E-state index in [0.29, 0.717) is 29.2 Å². The van der Waals surface area contributed by atoms with E-state index >= 15 is 0 Å². The molecule has 0 spiro atoms. The maximum atomic E-state index is 13.5. The molecule has 2 atom stereocenters. The average Bonchev–Trinajstić information content (AvgIpc) is 3.49. The minimum absolute atomic E-state index is 0.0215. The lowest BCUT2D eigenvalue weighted by atomic mass is 9.96. The number of esters is 2. The maximum Gasteiger partial charge on any atom is 0.328 e. The van der Waals surface area contributed by atoms with Crippen molar-refractivity contribution in [3.05, 3.63) is 58.1 Å². The predicted molar refractivity (Wildman–Crippen MR) is 182 cm³/mol. The zero-order chi connectivity index (χ0) is 35.6. The number of nitrogens with one attached hydrogen (secondary N) is 3. The summed E-state index contributed by atoms with van der Waals surface area (Å²) in [5.74, 6) is -1.51. The van der Waals surface area contributed by atoms with E-state index in [9.17, 15) is 24.0 Å². The fourth-order valence-corrected chi connectivity index (χ4v) is 4.94. The van der Waals surface area contributed by atoms with Crippen LogP contribution in [0.5, 0.6) is 0 Å². The molecule has 3 aromatic rings. The fraction of sp³-hybridized carbons (Fsp3) is 0.486. The predicted octanol–water partition coefficient (Wildman–Crippen LogP) is 4.26. The zero-order valence-corrected chi connectivity index (χ0v) is 28.6. The number of aromatic amines is 1. The van der Waals surface area contributed by atoms with Crippen LogP contribution in [-0.2, 0) is 33.3 Å². The van der Waals surface area contributed by atoms with Gasteiger partial charge in [-0.25, -0.2) is 9.78 Å². The van der Waals surface area contributed by atoms with Crippen molar-refractivity contribution in [2.24, 2.45) is 5.41 Å². The Morgan fingerprint density at radius 3 is 2.45 bits per heavy atom. The molecule has 1 unspecified atom stereocenters. The summed E-state index contributed by atoms with van der Waals surface area (Å²) < 4.78 is 23.2. The zero-order valence-electron chi connectivity index (χ0n) is 28.6. The van der Waals surface area contributed by atoms with Gasteiger partial charge in [0.2, 0.25) is 5.91 Å². The highest BCUT2D eigenvalue weighted by atomic mass is 16.7. The summed E-state index contributed by atoms with van der Waals surface area (Å²) in [5.41, 5.74) is 0.866. The quantitative estimate of drug-likeness (QED) is 0.209. The van der Waals surface area contributed by atoms with Crippen LogP contribution >= 0.6 is 0 Å². The normalized spacial score (nSPS) is 15.8. The Labute approximate surface area is 284 Å². The number of benzene rings is 1. The summed E-state index contributed by atoms with van der Waals surface area (Å²) >= 11 is 0. The highest BCUT2D eigenvalue weighted by molar-refractivity contribution is 5.97. The van der Waals surface area contributed by atoms with Crippen molar-refractivity contribution in [1.29, 1.82) is 0 Å². The van der Waals surface area contributed by atoms with Gasteiger partial charge in [0, 0.05) is 35.8 Å². The van der Waals surface area contributed by atoms with Crippen LogP contribution < -0.4 is 16.2 Å². The number of carbonyl (C=O) groups is 4. The van der Waals surface area contributed by atoms with Gasteiger partial charge in [-0.15, -0.1) is 0 Å². The molecule has 1 fully saturated rings. The van der Waals surface area contributed by atoms with Gasteiger partial charge in [-0.3, -0.25) is 23.7 Å². The number of amides is 2. The molecule has 264 valence electrons. The Morgan fingerprint density at radius 2 is 1.80 bits per heavy atom. The minimum atomic E-state index is -1.04. The summed E-state index contributed by atoms with van der Waals surface area (Å²) in [6.45, 7) is 9.73. The Kier molecular flexibility index (Phi) is 12.9. The Hall–Kier alpha value is -4.82. The second-order valence-corrected chi connectivity index (χ2v) is 12.6. The van der Waals surface area contributed by atoms with Gasteiger partial charge in [0.05, 0.1) is 25.2 Å². The molecule has 0 bridgehead atoms. The van der Waals surface area contributed by atoms with E-state index in [1.165, 1.54) is 10.9 Å². The minimum Gasteiger partial charge on any atom is -0.466 e. The Morgan fingerprint density at radius 1 is 1.08 bits per heavy atom. The number of nitrogens with zero attached hydrogens (tertiary/aromatic N) is 2. The first-order chi connectivity index (χ1) is 23.4. The summed E-state index contributed by atoms with van der Waals surface area (Å²) in [4.78, 5) is 70.9. The molecule has 2 amide bonds. The van der Waals surface area contributed by atoms with E-state index in [0.717, 1.165) is 19.3 Å². The molecule has 1 aromatic carbocycles. The first-order valence-corrected chi connectivity index (χ1v) is 16.5. The smallest absolute Gasteiger partial charge is 0.328 e. The van der Waals surface area contributed by atoms with Crippen molar-refractivity contribution in [1.82, 2.24) is 19.9 Å². The van der Waals surface area contributed by atoms with Crippen molar-refractivity contribution in [2.75, 3.05) is 31.7 Å². The fourth-order valence-electron chi connectivity index (χ4n) is 4.94. The van der Waals surface area contributed by atoms with Crippen molar-refractivity contribution in [3.63, 3.8) is 0 Å². The topological polar surface area (TPSA) is 180 Å². The second kappa shape index (κ2) is 17.0. The van der Waals surface area contributed by atoms with E-state index in [4.69, 9.17) is 18.9 Å². The van der Waals surface area contributed by atoms with Crippen LogP contribution in [0, 0.1) is 5.41 Å². The molecular formula is C35H45N5O9. The molecule has 2 aromatic heterocycles. The molecule has 1 aliphatic rings. The molecule has 0 aliphatic carbocycles. The summed E-state index contributed by atoms with van der Waals surface area (Å²) in [6.07, 6.45) is 5.22. The van der Waals surface area contributed by atoms with E-state index in [1.54, 1.807) is 71.2 Å². The van der Waals surface area contributed by atoms with Crippen molar-refractivity contribution >= 4 is 52.4 Å². The van der Waals surface area contributed by atoms with Gasteiger partial charge >= 0.3 is 11.9 Å². The third-order valence-electron chi connectivity index (χ3n) is 7.70. The van der Waals surface area contributed by atoms with E-state index in [1.807, 2.05) is 0 Å². The monoisotopic (exact) mass is 679 g/mol. The molecule has 49 heavy (non-hydrogen) atoms. The lowest BCUT2D eigenvalue weighted by Crippen LogP contribution is -2.42. The number of aromatic nitrogens is 3. The molecule has 14 heteroatoms. The van der Waals surface area contributed by atoms with Gasteiger partial charge in [-0.05, 0) is 63.3 Å². The lowest BCUT2D eigenvalue weighted by molar-refractivity contribution is -0.154. The van der Waals surface area contributed by atoms with Crippen LogP contribution in [0.1, 0.15) is 82.6 Å². The number of H-pyrrole nitrogens is 1. The van der Waals surface area contributed by atoms with Gasteiger partial charge < -0.3 is 34.6 Å². The third-order valence-corrected chi connectivity index (χ3v) is 7.70. The number of hydrogen-bond acceptors (Lipinski definition) is 10. The van der Waals surface area contributed by atoms with Crippen LogP contribution in [0.2, 0.25) is 0 Å². The molecule has 1 aliphatic heterocycles. The maximum absolute atomic E-state index is 13.5. The molecule has 14 nitrogen and oxygen atoms in total. The average molecular weight is 680 g/mol. The van der Waals surface area contributed by atoms with Gasteiger partial charge in [0.1, 0.15) is 23.8 Å². The standard InChI is InChI=1S/C35H45N5O9/c1-6-46-28(41)16-15-26(33(44)47-7-2)37-31(42)23-13-11-22(12-14-23)24(20-49-29-10-8-9-17-48-29)19-40-21-36-30-25(32(40)43)18-27(38-30)39-34(45)35(3,4)5/h11-14,18-19,21,26,29,38H,6-10,15-17,20H2,1-5H3,(H,37,42)(H,39,45)/t26-,29?/m0/s1. The van der Waals surface area contributed by atoms with Crippen molar-refractivity contribution < 1.29 is 38.1 Å². The number of carbonyl (C=O) groups excluding carboxylic acids is 4.